The number of benzene rings is 1. The minimum atomic E-state index is -0.106. The molecular formula is C19H24N4O2S. The molecule has 1 aromatic heterocycles. The Balaban J connectivity index is 1.30. The third-order valence-corrected chi connectivity index (χ3v) is 5.81. The van der Waals surface area contributed by atoms with E-state index >= 15 is 0 Å². The molecule has 2 aliphatic heterocycles. The van der Waals surface area contributed by atoms with E-state index in [9.17, 15) is 4.79 Å². The largest absolute Gasteiger partial charge is 0.376 e. The number of amides is 1. The number of thiazole rings is 1. The molecule has 1 amide bonds. The van der Waals surface area contributed by atoms with E-state index in [-0.39, 0.29) is 12.0 Å². The van der Waals surface area contributed by atoms with Crippen LogP contribution in [0.5, 0.6) is 0 Å². The minimum Gasteiger partial charge on any atom is -0.376 e. The summed E-state index contributed by atoms with van der Waals surface area (Å²) in [4.78, 5) is 21.5. The number of anilines is 2. The van der Waals surface area contributed by atoms with E-state index in [4.69, 9.17) is 4.74 Å². The number of para-hydroxylation sites is 1. The normalized spacial score (nSPS) is 20.4. The van der Waals surface area contributed by atoms with Crippen LogP contribution in [-0.4, -0.2) is 56.3 Å². The molecule has 1 N–H and O–H groups in total. The summed E-state index contributed by atoms with van der Waals surface area (Å²) in [6.45, 7) is 5.13. The second kappa shape index (κ2) is 8.05. The Morgan fingerprint density at radius 3 is 2.69 bits per heavy atom. The molecular weight excluding hydrogens is 348 g/mol. The van der Waals surface area contributed by atoms with Gasteiger partial charge in [0.25, 0.3) is 5.91 Å². The van der Waals surface area contributed by atoms with Crippen molar-refractivity contribution in [1.82, 2.24) is 10.3 Å². The highest BCUT2D eigenvalue weighted by Gasteiger charge is 2.22. The van der Waals surface area contributed by atoms with E-state index in [1.807, 2.05) is 11.4 Å². The third kappa shape index (κ3) is 3.99. The Hall–Kier alpha value is -2.12. The maximum absolute atomic E-state index is 12.3. The van der Waals surface area contributed by atoms with Crippen LogP contribution in [0.3, 0.4) is 0 Å². The van der Waals surface area contributed by atoms with Gasteiger partial charge in [0.1, 0.15) is 5.69 Å². The van der Waals surface area contributed by atoms with Gasteiger partial charge in [-0.3, -0.25) is 4.79 Å². The molecule has 0 bridgehead atoms. The molecule has 2 saturated heterocycles. The summed E-state index contributed by atoms with van der Waals surface area (Å²) in [5.74, 6) is -0.106. The second-order valence-corrected chi connectivity index (χ2v) is 7.51. The average molecular weight is 372 g/mol. The highest BCUT2D eigenvalue weighted by atomic mass is 32.1. The van der Waals surface area contributed by atoms with Gasteiger partial charge >= 0.3 is 0 Å². The molecule has 1 aromatic carbocycles. The van der Waals surface area contributed by atoms with Crippen LogP contribution in [0.25, 0.3) is 0 Å². The standard InChI is InChI=1S/C19H24N4O2S/c24-18(20-13-16-7-4-12-25-16)17-14-26-19(21-17)23-10-8-22(9-11-23)15-5-2-1-3-6-15/h1-3,5-6,14,16H,4,7-13H2,(H,20,24). The van der Waals surface area contributed by atoms with Gasteiger partial charge in [-0.15, -0.1) is 11.3 Å². The van der Waals surface area contributed by atoms with Gasteiger partial charge in [-0.1, -0.05) is 18.2 Å². The SMILES string of the molecule is O=C(NCC1CCCO1)c1csc(N2CCN(c3ccccc3)CC2)n1. The zero-order valence-corrected chi connectivity index (χ0v) is 15.6. The minimum absolute atomic E-state index is 0.106. The summed E-state index contributed by atoms with van der Waals surface area (Å²) in [5, 5.41) is 5.72. The van der Waals surface area contributed by atoms with Gasteiger partial charge in [-0.25, -0.2) is 4.98 Å². The fraction of sp³-hybridized carbons (Fsp3) is 0.474. The molecule has 0 aliphatic carbocycles. The molecule has 138 valence electrons. The van der Waals surface area contributed by atoms with E-state index in [0.717, 1.165) is 50.8 Å². The summed E-state index contributed by atoms with van der Waals surface area (Å²) in [5.41, 5.74) is 1.77. The van der Waals surface area contributed by atoms with Crippen molar-refractivity contribution in [2.45, 2.75) is 18.9 Å². The van der Waals surface area contributed by atoms with Crippen molar-refractivity contribution in [3.05, 3.63) is 41.4 Å². The first-order valence-corrected chi connectivity index (χ1v) is 10.1. The van der Waals surface area contributed by atoms with Crippen molar-refractivity contribution in [2.24, 2.45) is 0 Å². The molecule has 2 aromatic rings. The lowest BCUT2D eigenvalue weighted by atomic mass is 10.2. The molecule has 0 saturated carbocycles. The number of carbonyl (C=O) groups is 1. The Morgan fingerprint density at radius 2 is 1.96 bits per heavy atom. The lowest BCUT2D eigenvalue weighted by Crippen LogP contribution is -2.46. The molecule has 2 aliphatic rings. The predicted octanol–water partition coefficient (Wildman–Crippen LogP) is 2.38. The number of nitrogens with zero attached hydrogens (tertiary/aromatic N) is 3. The Kier molecular flexibility index (Phi) is 5.36. The number of rotatable bonds is 5. The van der Waals surface area contributed by atoms with Crippen molar-refractivity contribution < 1.29 is 9.53 Å². The molecule has 1 atom stereocenters. The van der Waals surface area contributed by atoms with Gasteiger partial charge in [0.15, 0.2) is 5.13 Å². The first-order chi connectivity index (χ1) is 12.8. The van der Waals surface area contributed by atoms with Crippen LogP contribution in [0, 0.1) is 0 Å². The van der Waals surface area contributed by atoms with Crippen molar-refractivity contribution in [2.75, 3.05) is 49.1 Å². The van der Waals surface area contributed by atoms with Gasteiger partial charge in [0.05, 0.1) is 6.10 Å². The van der Waals surface area contributed by atoms with Crippen molar-refractivity contribution in [3.8, 4) is 0 Å². The fourth-order valence-corrected chi connectivity index (χ4v) is 4.27. The lowest BCUT2D eigenvalue weighted by molar-refractivity contribution is 0.0854. The topological polar surface area (TPSA) is 57.7 Å². The van der Waals surface area contributed by atoms with E-state index in [0.29, 0.717) is 12.2 Å². The molecule has 6 nitrogen and oxygen atoms in total. The second-order valence-electron chi connectivity index (χ2n) is 6.67. The van der Waals surface area contributed by atoms with Crippen LogP contribution in [0.15, 0.2) is 35.7 Å². The quantitative estimate of drug-likeness (QED) is 0.873. The third-order valence-electron chi connectivity index (χ3n) is 4.91. The van der Waals surface area contributed by atoms with E-state index in [1.54, 1.807) is 11.3 Å². The highest BCUT2D eigenvalue weighted by Crippen LogP contribution is 2.24. The predicted molar refractivity (Wildman–Crippen MR) is 104 cm³/mol. The van der Waals surface area contributed by atoms with Gasteiger partial charge in [-0.05, 0) is 25.0 Å². The highest BCUT2D eigenvalue weighted by molar-refractivity contribution is 7.13. The zero-order chi connectivity index (χ0) is 17.8. The van der Waals surface area contributed by atoms with Gasteiger partial charge in [0, 0.05) is 50.4 Å². The molecule has 7 heteroatoms. The summed E-state index contributed by atoms with van der Waals surface area (Å²) < 4.78 is 5.54. The smallest absolute Gasteiger partial charge is 0.270 e. The Morgan fingerprint density at radius 1 is 1.19 bits per heavy atom. The summed E-state index contributed by atoms with van der Waals surface area (Å²) in [7, 11) is 0. The number of piperazine rings is 1. The van der Waals surface area contributed by atoms with Crippen LogP contribution in [-0.2, 0) is 4.74 Å². The number of ether oxygens (including phenoxy) is 1. The van der Waals surface area contributed by atoms with Crippen LogP contribution in [0.4, 0.5) is 10.8 Å². The van der Waals surface area contributed by atoms with E-state index in [1.165, 1.54) is 5.69 Å². The number of hydrogen-bond acceptors (Lipinski definition) is 6. The summed E-state index contributed by atoms with van der Waals surface area (Å²) in [6, 6.07) is 10.5. The van der Waals surface area contributed by atoms with E-state index in [2.05, 4.69) is 44.4 Å². The van der Waals surface area contributed by atoms with Crippen LogP contribution in [0.2, 0.25) is 0 Å². The number of aromatic nitrogens is 1. The van der Waals surface area contributed by atoms with Crippen LogP contribution < -0.4 is 15.1 Å². The number of nitrogens with one attached hydrogen (secondary N) is 1. The number of carbonyl (C=O) groups excluding carboxylic acids is 1. The van der Waals surface area contributed by atoms with Gasteiger partial charge in [0.2, 0.25) is 0 Å². The van der Waals surface area contributed by atoms with Crippen LogP contribution in [0.1, 0.15) is 23.3 Å². The Bertz CT molecular complexity index is 722. The summed E-state index contributed by atoms with van der Waals surface area (Å²) >= 11 is 1.54. The fourth-order valence-electron chi connectivity index (χ4n) is 3.41. The maximum atomic E-state index is 12.3. The average Bonchev–Trinajstić information content (AvgIpc) is 3.39. The Labute approximate surface area is 157 Å². The molecule has 26 heavy (non-hydrogen) atoms. The number of hydrogen-bond donors (Lipinski definition) is 1. The molecule has 3 heterocycles. The van der Waals surface area contributed by atoms with Crippen molar-refractivity contribution in [3.63, 3.8) is 0 Å². The molecule has 0 spiro atoms. The molecule has 1 unspecified atom stereocenters. The molecule has 4 rings (SSSR count). The maximum Gasteiger partial charge on any atom is 0.270 e. The first-order valence-electron chi connectivity index (χ1n) is 9.20. The van der Waals surface area contributed by atoms with E-state index < -0.39 is 0 Å². The monoisotopic (exact) mass is 372 g/mol. The van der Waals surface area contributed by atoms with Gasteiger partial charge in [-0.2, -0.15) is 0 Å². The van der Waals surface area contributed by atoms with Crippen molar-refractivity contribution in [1.29, 1.82) is 0 Å². The van der Waals surface area contributed by atoms with Crippen molar-refractivity contribution >= 4 is 28.1 Å². The molecule has 0 radical (unpaired) electrons. The van der Waals surface area contributed by atoms with Gasteiger partial charge < -0.3 is 19.9 Å². The lowest BCUT2D eigenvalue weighted by Gasteiger charge is -2.35. The van der Waals surface area contributed by atoms with Crippen LogP contribution >= 0.6 is 11.3 Å². The first kappa shape index (κ1) is 17.3. The zero-order valence-electron chi connectivity index (χ0n) is 14.8. The molecule has 2 fully saturated rings. The summed E-state index contributed by atoms with van der Waals surface area (Å²) in [6.07, 6.45) is 2.26.